The average molecular weight is 405 g/mol. The summed E-state index contributed by atoms with van der Waals surface area (Å²) in [7, 11) is 1.69. The van der Waals surface area contributed by atoms with Crippen molar-refractivity contribution in [3.05, 3.63) is 101 Å². The van der Waals surface area contributed by atoms with Gasteiger partial charge >= 0.3 is 0 Å². The van der Waals surface area contributed by atoms with Gasteiger partial charge in [-0.15, -0.1) is 0 Å². The lowest BCUT2D eigenvalue weighted by atomic mass is 10.0. The molecule has 0 amide bonds. The molecule has 0 bridgehead atoms. The SMILES string of the molecule is COc1ccc([C@@H]2N(Cc3ccc(C)cc3)CCCN2Cc2ccc(F)cc2)cc1. The second-order valence-electron chi connectivity index (χ2n) is 8.05. The highest BCUT2D eigenvalue weighted by Crippen LogP contribution is 2.33. The first-order valence-corrected chi connectivity index (χ1v) is 10.5. The van der Waals surface area contributed by atoms with Crippen LogP contribution in [0.5, 0.6) is 5.75 Å². The summed E-state index contributed by atoms with van der Waals surface area (Å²) in [6, 6.07) is 24.1. The molecule has 0 unspecified atom stereocenters. The zero-order valence-electron chi connectivity index (χ0n) is 17.7. The van der Waals surface area contributed by atoms with Crippen molar-refractivity contribution in [2.75, 3.05) is 20.2 Å². The number of benzene rings is 3. The van der Waals surface area contributed by atoms with Crippen LogP contribution in [-0.4, -0.2) is 30.0 Å². The van der Waals surface area contributed by atoms with Crippen LogP contribution in [0, 0.1) is 12.7 Å². The molecule has 1 saturated heterocycles. The summed E-state index contributed by atoms with van der Waals surface area (Å²) in [6.45, 7) is 5.87. The molecule has 3 nitrogen and oxygen atoms in total. The molecular weight excluding hydrogens is 375 g/mol. The van der Waals surface area contributed by atoms with E-state index in [-0.39, 0.29) is 12.0 Å². The van der Waals surface area contributed by atoms with E-state index in [1.165, 1.54) is 16.7 Å². The standard InChI is InChI=1S/C26H29FN2O/c1-20-4-6-21(7-5-20)18-28-16-3-17-29(19-22-8-12-24(27)13-9-22)26(28)23-10-14-25(30-2)15-11-23/h4-15,26H,3,16-19H2,1-2H3/t26-/m1/s1. The molecule has 1 fully saturated rings. The summed E-state index contributed by atoms with van der Waals surface area (Å²) < 4.78 is 18.7. The minimum Gasteiger partial charge on any atom is -0.497 e. The van der Waals surface area contributed by atoms with Gasteiger partial charge in [0.15, 0.2) is 0 Å². The first kappa shape index (κ1) is 20.6. The Kier molecular flexibility index (Phi) is 6.46. The van der Waals surface area contributed by atoms with Gasteiger partial charge < -0.3 is 4.74 Å². The second kappa shape index (κ2) is 9.41. The van der Waals surface area contributed by atoms with Crippen molar-refractivity contribution in [1.82, 2.24) is 9.80 Å². The monoisotopic (exact) mass is 404 g/mol. The van der Waals surface area contributed by atoms with Crippen LogP contribution < -0.4 is 4.74 Å². The number of halogens is 1. The number of hydrogen-bond donors (Lipinski definition) is 0. The maximum Gasteiger partial charge on any atom is 0.123 e. The molecule has 1 atom stereocenters. The van der Waals surface area contributed by atoms with E-state index >= 15 is 0 Å². The van der Waals surface area contributed by atoms with E-state index in [4.69, 9.17) is 4.74 Å². The lowest BCUT2D eigenvalue weighted by molar-refractivity contribution is -0.00912. The summed E-state index contributed by atoms with van der Waals surface area (Å²) in [4.78, 5) is 5.03. The van der Waals surface area contributed by atoms with E-state index in [2.05, 4.69) is 53.1 Å². The summed E-state index contributed by atoms with van der Waals surface area (Å²) in [5, 5.41) is 0. The fraction of sp³-hybridized carbons (Fsp3) is 0.308. The molecule has 30 heavy (non-hydrogen) atoms. The summed E-state index contributed by atoms with van der Waals surface area (Å²) >= 11 is 0. The number of aryl methyl sites for hydroxylation is 1. The molecule has 4 heteroatoms. The predicted octanol–water partition coefficient (Wildman–Crippen LogP) is 5.55. The molecule has 0 aromatic heterocycles. The maximum absolute atomic E-state index is 13.4. The first-order chi connectivity index (χ1) is 14.6. The van der Waals surface area contributed by atoms with Gasteiger partial charge in [0.2, 0.25) is 0 Å². The Balaban J connectivity index is 1.62. The molecular formula is C26H29FN2O. The Morgan fingerprint density at radius 3 is 1.87 bits per heavy atom. The lowest BCUT2D eigenvalue weighted by Gasteiger charge is -2.44. The highest BCUT2D eigenvalue weighted by Gasteiger charge is 2.30. The van der Waals surface area contributed by atoms with Crippen LogP contribution >= 0.6 is 0 Å². The summed E-state index contributed by atoms with van der Waals surface area (Å²) in [5.41, 5.74) is 4.99. The molecule has 0 N–H and O–H groups in total. The minimum atomic E-state index is -0.190. The Morgan fingerprint density at radius 1 is 0.800 bits per heavy atom. The molecule has 156 valence electrons. The van der Waals surface area contributed by atoms with E-state index in [9.17, 15) is 4.39 Å². The van der Waals surface area contributed by atoms with Crippen molar-refractivity contribution in [2.45, 2.75) is 32.6 Å². The second-order valence-corrected chi connectivity index (χ2v) is 8.05. The van der Waals surface area contributed by atoms with Gasteiger partial charge in [-0.1, -0.05) is 54.1 Å². The van der Waals surface area contributed by atoms with Crippen LogP contribution in [0.15, 0.2) is 72.8 Å². The molecule has 3 aromatic carbocycles. The van der Waals surface area contributed by atoms with Crippen LogP contribution in [0.3, 0.4) is 0 Å². The van der Waals surface area contributed by atoms with E-state index in [1.54, 1.807) is 19.2 Å². The van der Waals surface area contributed by atoms with Gasteiger partial charge in [0, 0.05) is 26.2 Å². The highest BCUT2D eigenvalue weighted by atomic mass is 19.1. The lowest BCUT2D eigenvalue weighted by Crippen LogP contribution is -2.46. The van der Waals surface area contributed by atoms with Gasteiger partial charge in [-0.05, 0) is 54.3 Å². The van der Waals surface area contributed by atoms with Crippen molar-refractivity contribution in [3.8, 4) is 5.75 Å². The normalized spacial score (nSPS) is 17.8. The van der Waals surface area contributed by atoms with Gasteiger partial charge in [-0.2, -0.15) is 0 Å². The topological polar surface area (TPSA) is 15.7 Å². The van der Waals surface area contributed by atoms with Crippen LogP contribution in [0.1, 0.15) is 34.8 Å². The molecule has 3 aromatic rings. The summed E-state index contributed by atoms with van der Waals surface area (Å²) in [5.74, 6) is 0.676. The molecule has 4 rings (SSSR count). The van der Waals surface area contributed by atoms with E-state index < -0.39 is 0 Å². The van der Waals surface area contributed by atoms with Gasteiger partial charge in [-0.25, -0.2) is 4.39 Å². The minimum absolute atomic E-state index is 0.163. The largest absolute Gasteiger partial charge is 0.497 e. The number of rotatable bonds is 6. The van der Waals surface area contributed by atoms with E-state index in [1.807, 2.05) is 24.3 Å². The molecule has 0 aliphatic carbocycles. The third-order valence-electron chi connectivity index (χ3n) is 5.80. The molecule has 0 radical (unpaired) electrons. The number of nitrogens with zero attached hydrogens (tertiary/aromatic N) is 2. The molecule has 0 spiro atoms. The number of methoxy groups -OCH3 is 1. The molecule has 1 aliphatic heterocycles. The van der Waals surface area contributed by atoms with Crippen molar-refractivity contribution < 1.29 is 9.13 Å². The summed E-state index contributed by atoms with van der Waals surface area (Å²) in [6.07, 6.45) is 1.27. The molecule has 0 saturated carbocycles. The van der Waals surface area contributed by atoms with Gasteiger partial charge in [0.05, 0.1) is 13.3 Å². The van der Waals surface area contributed by atoms with E-state index in [0.717, 1.165) is 43.9 Å². The van der Waals surface area contributed by atoms with Gasteiger partial charge in [0.1, 0.15) is 11.6 Å². The molecule has 1 aliphatic rings. The van der Waals surface area contributed by atoms with Crippen molar-refractivity contribution in [3.63, 3.8) is 0 Å². The molecule has 1 heterocycles. The quantitative estimate of drug-likeness (QED) is 0.536. The van der Waals surface area contributed by atoms with Crippen molar-refractivity contribution in [2.24, 2.45) is 0 Å². The van der Waals surface area contributed by atoms with Crippen molar-refractivity contribution in [1.29, 1.82) is 0 Å². The van der Waals surface area contributed by atoms with Crippen molar-refractivity contribution >= 4 is 0 Å². The first-order valence-electron chi connectivity index (χ1n) is 10.5. The third-order valence-corrected chi connectivity index (χ3v) is 5.80. The van der Waals surface area contributed by atoms with Crippen LogP contribution in [0.25, 0.3) is 0 Å². The Morgan fingerprint density at radius 2 is 1.33 bits per heavy atom. The number of hydrogen-bond acceptors (Lipinski definition) is 3. The Hall–Kier alpha value is -2.69. The van der Waals surface area contributed by atoms with Gasteiger partial charge in [-0.3, -0.25) is 9.80 Å². The maximum atomic E-state index is 13.4. The van der Waals surface area contributed by atoms with E-state index in [0.29, 0.717) is 0 Å². The fourth-order valence-corrected chi connectivity index (χ4v) is 4.23. The van der Waals surface area contributed by atoms with Crippen LogP contribution in [0.4, 0.5) is 4.39 Å². The van der Waals surface area contributed by atoms with Crippen LogP contribution in [-0.2, 0) is 13.1 Å². The highest BCUT2D eigenvalue weighted by molar-refractivity contribution is 5.30. The van der Waals surface area contributed by atoms with Gasteiger partial charge in [0.25, 0.3) is 0 Å². The third kappa shape index (κ3) is 4.89. The average Bonchev–Trinajstić information content (AvgIpc) is 2.77. The Labute approximate surface area is 178 Å². The zero-order valence-corrected chi connectivity index (χ0v) is 17.7. The Bertz CT molecular complexity index is 883. The van der Waals surface area contributed by atoms with Crippen LogP contribution in [0.2, 0.25) is 0 Å². The fourth-order valence-electron chi connectivity index (χ4n) is 4.23. The zero-order chi connectivity index (χ0) is 20.9. The predicted molar refractivity (Wildman–Crippen MR) is 119 cm³/mol. The number of ether oxygens (including phenoxy) is 1. The smallest absolute Gasteiger partial charge is 0.123 e.